The fraction of sp³-hybridized carbons (Fsp3) is 0.833. The smallest absolute Gasteiger partial charge is 0.229 e. The second-order valence-corrected chi connectivity index (χ2v) is 2.74. The molecule has 0 unspecified atom stereocenters. The number of epoxide rings is 2. The Labute approximate surface area is 47.8 Å². The zero-order valence-corrected chi connectivity index (χ0v) is 4.52. The normalized spacial score (nSPS) is 66.0. The summed E-state index contributed by atoms with van der Waals surface area (Å²) in [6.07, 6.45) is 5.53. The molecule has 3 fully saturated rings. The van der Waals surface area contributed by atoms with Crippen molar-refractivity contribution in [3.63, 3.8) is 0 Å². The van der Waals surface area contributed by atoms with Crippen LogP contribution in [0.15, 0.2) is 0 Å². The maximum absolute atomic E-state index is 5.29. The Morgan fingerprint density at radius 2 is 2.12 bits per heavy atom. The summed E-state index contributed by atoms with van der Waals surface area (Å²) in [4.78, 5) is 0. The highest BCUT2D eigenvalue weighted by atomic mass is 17.0. The van der Waals surface area contributed by atoms with Crippen molar-refractivity contribution in [3.05, 3.63) is 6.42 Å². The van der Waals surface area contributed by atoms with Gasteiger partial charge in [-0.3, -0.25) is 0 Å². The zero-order chi connectivity index (χ0) is 5.24. The molecule has 1 aliphatic carbocycles. The quantitative estimate of drug-likeness (QED) is 0.432. The summed E-state index contributed by atoms with van der Waals surface area (Å²) in [5.74, 6) is -0.104. The van der Waals surface area contributed by atoms with Crippen LogP contribution in [-0.2, 0) is 9.47 Å². The SMILES string of the molecule is [CH]1CCC23OC2(C1)O3. The van der Waals surface area contributed by atoms with Crippen LogP contribution in [0.3, 0.4) is 0 Å². The first-order chi connectivity index (χ1) is 3.87. The molecule has 0 amide bonds. The average molecular weight is 111 g/mol. The fourth-order valence-electron chi connectivity index (χ4n) is 1.60. The third-order valence-corrected chi connectivity index (χ3v) is 2.25. The summed E-state index contributed by atoms with van der Waals surface area (Å²) in [6, 6.07) is 0. The predicted molar refractivity (Wildman–Crippen MR) is 25.8 cm³/mol. The van der Waals surface area contributed by atoms with Crippen LogP contribution in [0.25, 0.3) is 0 Å². The monoisotopic (exact) mass is 111 g/mol. The van der Waals surface area contributed by atoms with E-state index in [1.807, 2.05) is 0 Å². The predicted octanol–water partition coefficient (Wildman–Crippen LogP) is 0.828. The molecule has 3 rings (SSSR count). The Kier molecular flexibility index (Phi) is 0.364. The summed E-state index contributed by atoms with van der Waals surface area (Å²) in [6.45, 7) is 0. The molecular weight excluding hydrogens is 104 g/mol. The number of hydrogen-bond donors (Lipinski definition) is 0. The number of rotatable bonds is 0. The minimum Gasteiger partial charge on any atom is -0.307 e. The average Bonchev–Trinajstić information content (AvgIpc) is 2.45. The van der Waals surface area contributed by atoms with Gasteiger partial charge in [0.1, 0.15) is 0 Å². The minimum atomic E-state index is -0.0642. The van der Waals surface area contributed by atoms with E-state index in [0.29, 0.717) is 0 Å². The van der Waals surface area contributed by atoms with Gasteiger partial charge >= 0.3 is 0 Å². The molecule has 2 nitrogen and oxygen atoms in total. The van der Waals surface area contributed by atoms with Gasteiger partial charge in [0.25, 0.3) is 0 Å². The van der Waals surface area contributed by atoms with Gasteiger partial charge < -0.3 is 9.47 Å². The van der Waals surface area contributed by atoms with E-state index in [0.717, 1.165) is 12.8 Å². The van der Waals surface area contributed by atoms with E-state index in [1.54, 1.807) is 0 Å². The molecular formula is C6H7O2. The summed E-state index contributed by atoms with van der Waals surface area (Å²) in [7, 11) is 0. The van der Waals surface area contributed by atoms with Crippen LogP contribution < -0.4 is 0 Å². The molecule has 0 aromatic heterocycles. The Bertz CT molecular complexity index is 131. The first-order valence-electron chi connectivity index (χ1n) is 3.09. The molecule has 0 N–H and O–H groups in total. The molecule has 8 heavy (non-hydrogen) atoms. The van der Waals surface area contributed by atoms with E-state index in [4.69, 9.17) is 9.47 Å². The standard InChI is InChI=1S/C6H7O2/c1-2-4-6-5(3-1,7-6)8-6/h1H,2-4H2. The topological polar surface area (TPSA) is 25.1 Å². The summed E-state index contributed by atoms with van der Waals surface area (Å²) >= 11 is 0. The van der Waals surface area contributed by atoms with Crippen LogP contribution in [0, 0.1) is 6.42 Å². The van der Waals surface area contributed by atoms with Crippen molar-refractivity contribution in [2.75, 3.05) is 0 Å². The van der Waals surface area contributed by atoms with Crippen molar-refractivity contribution in [3.8, 4) is 0 Å². The van der Waals surface area contributed by atoms with Crippen LogP contribution in [0.5, 0.6) is 0 Å². The maximum atomic E-state index is 5.29. The Hall–Kier alpha value is -0.0800. The molecule has 43 valence electrons. The van der Waals surface area contributed by atoms with Gasteiger partial charge in [-0.25, -0.2) is 0 Å². The van der Waals surface area contributed by atoms with E-state index in [2.05, 4.69) is 6.42 Å². The van der Waals surface area contributed by atoms with Crippen LogP contribution >= 0.6 is 0 Å². The van der Waals surface area contributed by atoms with Crippen LogP contribution in [0.2, 0.25) is 0 Å². The van der Waals surface area contributed by atoms with Gasteiger partial charge in [0.2, 0.25) is 11.6 Å². The van der Waals surface area contributed by atoms with Crippen LogP contribution in [-0.4, -0.2) is 11.6 Å². The lowest BCUT2D eigenvalue weighted by atomic mass is 10.0. The molecule has 0 bridgehead atoms. The molecule has 0 atom stereocenters. The molecule has 2 aliphatic heterocycles. The molecule has 2 saturated heterocycles. The fourth-order valence-corrected chi connectivity index (χ4v) is 1.60. The van der Waals surface area contributed by atoms with Gasteiger partial charge in [-0.05, 0) is 12.8 Å². The largest absolute Gasteiger partial charge is 0.307 e. The highest BCUT2D eigenvalue weighted by Gasteiger charge is 2.90. The van der Waals surface area contributed by atoms with E-state index < -0.39 is 0 Å². The molecule has 0 aromatic rings. The second kappa shape index (κ2) is 0.755. The maximum Gasteiger partial charge on any atom is 0.229 e. The first-order valence-corrected chi connectivity index (χ1v) is 3.09. The van der Waals surface area contributed by atoms with Crippen LogP contribution in [0.1, 0.15) is 19.3 Å². The first kappa shape index (κ1) is 3.85. The zero-order valence-electron chi connectivity index (χ0n) is 4.52. The highest BCUT2D eigenvalue weighted by Crippen LogP contribution is 2.73. The molecule has 3 aliphatic rings. The Morgan fingerprint density at radius 3 is 2.62 bits per heavy atom. The van der Waals surface area contributed by atoms with Crippen molar-refractivity contribution in [1.29, 1.82) is 0 Å². The third-order valence-electron chi connectivity index (χ3n) is 2.25. The molecule has 0 spiro atoms. The number of ether oxygens (including phenoxy) is 2. The van der Waals surface area contributed by atoms with E-state index in [-0.39, 0.29) is 11.6 Å². The number of hydrogen-bond acceptors (Lipinski definition) is 2. The van der Waals surface area contributed by atoms with Crippen molar-refractivity contribution < 1.29 is 9.47 Å². The molecule has 1 saturated carbocycles. The molecule has 0 aromatic carbocycles. The van der Waals surface area contributed by atoms with Crippen molar-refractivity contribution in [2.24, 2.45) is 0 Å². The van der Waals surface area contributed by atoms with Gasteiger partial charge in [-0.1, -0.05) is 0 Å². The third kappa shape index (κ3) is 0.213. The van der Waals surface area contributed by atoms with Crippen molar-refractivity contribution >= 4 is 0 Å². The van der Waals surface area contributed by atoms with Gasteiger partial charge in [-0.2, -0.15) is 0 Å². The highest BCUT2D eigenvalue weighted by molar-refractivity contribution is 5.22. The van der Waals surface area contributed by atoms with Crippen molar-refractivity contribution in [2.45, 2.75) is 30.8 Å². The lowest BCUT2D eigenvalue weighted by molar-refractivity contribution is -0.0917. The lowest BCUT2D eigenvalue weighted by Crippen LogP contribution is -2.00. The van der Waals surface area contributed by atoms with E-state index in [1.165, 1.54) is 6.42 Å². The van der Waals surface area contributed by atoms with E-state index in [9.17, 15) is 0 Å². The summed E-state index contributed by atoms with van der Waals surface area (Å²) < 4.78 is 10.6. The van der Waals surface area contributed by atoms with Crippen molar-refractivity contribution in [1.82, 2.24) is 0 Å². The van der Waals surface area contributed by atoms with Gasteiger partial charge in [-0.15, -0.1) is 0 Å². The van der Waals surface area contributed by atoms with Gasteiger partial charge in [0.05, 0.1) is 0 Å². The Balaban J connectivity index is 1.98. The minimum absolute atomic E-state index is 0.0399. The lowest BCUT2D eigenvalue weighted by Gasteiger charge is -1.94. The molecule has 2 heteroatoms. The summed E-state index contributed by atoms with van der Waals surface area (Å²) in [5, 5.41) is 0. The summed E-state index contributed by atoms with van der Waals surface area (Å²) in [5.41, 5.74) is 0. The second-order valence-electron chi connectivity index (χ2n) is 2.74. The van der Waals surface area contributed by atoms with E-state index >= 15 is 0 Å². The van der Waals surface area contributed by atoms with Gasteiger partial charge in [0.15, 0.2) is 0 Å². The van der Waals surface area contributed by atoms with Gasteiger partial charge in [0, 0.05) is 12.8 Å². The Morgan fingerprint density at radius 1 is 1.25 bits per heavy atom. The van der Waals surface area contributed by atoms with Crippen LogP contribution in [0.4, 0.5) is 0 Å². The molecule has 2 heterocycles. The molecule has 1 radical (unpaired) electrons.